The molecule has 0 aliphatic carbocycles. The summed E-state index contributed by atoms with van der Waals surface area (Å²) in [6.45, 7) is 3.12. The van der Waals surface area contributed by atoms with Crippen LogP contribution in [0.4, 0.5) is 0 Å². The van der Waals surface area contributed by atoms with Gasteiger partial charge in [-0.15, -0.1) is 10.2 Å². The number of nitrogens with zero attached hydrogens (tertiary/aromatic N) is 4. The number of amides is 1. The molecule has 1 aliphatic heterocycles. The molecule has 0 spiro atoms. The van der Waals surface area contributed by atoms with Crippen LogP contribution in [0.1, 0.15) is 49.6 Å². The standard InChI is InChI=1S/C20H25ClN4O2/c1-14(12-15-7-9-16(21)10-8-15)20(26)25-11-5-4-6-17(25)19-23-22-18(27-19)13-24(2)3/h7-10,12,17H,4-6,11,13H2,1-3H3/b14-12+. The number of piperidine rings is 1. The molecule has 1 fully saturated rings. The molecule has 0 saturated carbocycles. The first-order valence-electron chi connectivity index (χ1n) is 9.16. The van der Waals surface area contributed by atoms with E-state index in [1.165, 1.54) is 0 Å². The van der Waals surface area contributed by atoms with E-state index in [0.717, 1.165) is 24.8 Å². The number of benzene rings is 1. The molecular weight excluding hydrogens is 364 g/mol. The van der Waals surface area contributed by atoms with E-state index in [1.807, 2.05) is 61.2 Å². The average molecular weight is 389 g/mol. The fourth-order valence-electron chi connectivity index (χ4n) is 3.26. The van der Waals surface area contributed by atoms with E-state index in [1.54, 1.807) is 0 Å². The molecule has 1 saturated heterocycles. The number of rotatable bonds is 5. The Bertz CT molecular complexity index is 814. The van der Waals surface area contributed by atoms with Gasteiger partial charge in [0.25, 0.3) is 0 Å². The Morgan fingerprint density at radius 3 is 2.74 bits per heavy atom. The molecule has 1 unspecified atom stereocenters. The van der Waals surface area contributed by atoms with Crippen LogP contribution in [0.2, 0.25) is 5.02 Å². The number of aromatic nitrogens is 2. The Labute approximate surface area is 164 Å². The summed E-state index contributed by atoms with van der Waals surface area (Å²) in [5.74, 6) is 1.10. The molecule has 6 nitrogen and oxygen atoms in total. The van der Waals surface area contributed by atoms with Crippen molar-refractivity contribution in [2.45, 2.75) is 38.8 Å². The first kappa shape index (κ1) is 19.6. The Morgan fingerprint density at radius 2 is 2.04 bits per heavy atom. The van der Waals surface area contributed by atoms with Gasteiger partial charge >= 0.3 is 0 Å². The predicted molar refractivity (Wildman–Crippen MR) is 105 cm³/mol. The SMILES string of the molecule is C/C(=C\c1ccc(Cl)cc1)C(=O)N1CCCCC1c1nnc(CN(C)C)o1. The monoisotopic (exact) mass is 388 g/mol. The second-order valence-electron chi connectivity index (χ2n) is 7.16. The molecule has 1 aromatic carbocycles. The van der Waals surface area contributed by atoms with E-state index < -0.39 is 0 Å². The van der Waals surface area contributed by atoms with Crippen molar-refractivity contribution in [3.63, 3.8) is 0 Å². The molecule has 2 aromatic rings. The molecule has 1 amide bonds. The highest BCUT2D eigenvalue weighted by Crippen LogP contribution is 2.31. The Hall–Kier alpha value is -2.18. The van der Waals surface area contributed by atoms with Crippen molar-refractivity contribution >= 4 is 23.6 Å². The molecule has 144 valence electrons. The van der Waals surface area contributed by atoms with Crippen LogP contribution >= 0.6 is 11.6 Å². The third-order valence-corrected chi connectivity index (χ3v) is 4.83. The van der Waals surface area contributed by atoms with Crippen LogP contribution in [0, 0.1) is 0 Å². The van der Waals surface area contributed by atoms with Gasteiger partial charge in [-0.2, -0.15) is 0 Å². The smallest absolute Gasteiger partial charge is 0.250 e. The summed E-state index contributed by atoms with van der Waals surface area (Å²) in [6, 6.07) is 7.28. The van der Waals surface area contributed by atoms with Crippen LogP contribution in [0.25, 0.3) is 6.08 Å². The third-order valence-electron chi connectivity index (χ3n) is 4.57. The van der Waals surface area contributed by atoms with Crippen molar-refractivity contribution in [3.05, 3.63) is 52.2 Å². The fourth-order valence-corrected chi connectivity index (χ4v) is 3.39. The van der Waals surface area contributed by atoms with E-state index in [9.17, 15) is 4.79 Å². The predicted octanol–water partition coefficient (Wildman–Crippen LogP) is 3.94. The minimum absolute atomic E-state index is 0.00186. The van der Waals surface area contributed by atoms with E-state index in [-0.39, 0.29) is 11.9 Å². The normalized spacial score (nSPS) is 18.2. The highest BCUT2D eigenvalue weighted by molar-refractivity contribution is 6.30. The van der Waals surface area contributed by atoms with Crippen LogP contribution in [0.5, 0.6) is 0 Å². The van der Waals surface area contributed by atoms with Gasteiger partial charge in [0.05, 0.1) is 6.54 Å². The summed E-state index contributed by atoms with van der Waals surface area (Å²) < 4.78 is 5.83. The van der Waals surface area contributed by atoms with Crippen LogP contribution < -0.4 is 0 Å². The zero-order chi connectivity index (χ0) is 19.4. The lowest BCUT2D eigenvalue weighted by Crippen LogP contribution is -2.39. The van der Waals surface area contributed by atoms with Crippen molar-refractivity contribution in [1.82, 2.24) is 20.0 Å². The lowest BCUT2D eigenvalue weighted by atomic mass is 10.0. The van der Waals surface area contributed by atoms with Crippen molar-refractivity contribution in [2.24, 2.45) is 0 Å². The lowest BCUT2D eigenvalue weighted by molar-refractivity contribution is -0.131. The molecule has 0 N–H and O–H groups in total. The number of hydrogen-bond acceptors (Lipinski definition) is 5. The van der Waals surface area contributed by atoms with Crippen LogP contribution in [-0.4, -0.2) is 46.5 Å². The number of halogens is 1. The minimum atomic E-state index is -0.164. The quantitative estimate of drug-likeness (QED) is 0.726. The second kappa shape index (κ2) is 8.67. The number of likely N-dealkylation sites (tertiary alicyclic amines) is 1. The first-order chi connectivity index (χ1) is 12.9. The lowest BCUT2D eigenvalue weighted by Gasteiger charge is -2.33. The first-order valence-corrected chi connectivity index (χ1v) is 9.53. The summed E-state index contributed by atoms with van der Waals surface area (Å²) in [5.41, 5.74) is 1.63. The van der Waals surface area contributed by atoms with Gasteiger partial charge in [0.2, 0.25) is 17.7 Å². The highest BCUT2D eigenvalue weighted by Gasteiger charge is 2.32. The summed E-state index contributed by atoms with van der Waals surface area (Å²) in [7, 11) is 3.90. The summed E-state index contributed by atoms with van der Waals surface area (Å²) in [6.07, 6.45) is 4.74. The number of carbonyl (C=O) groups excluding carboxylic acids is 1. The van der Waals surface area contributed by atoms with Crippen molar-refractivity contribution in [3.8, 4) is 0 Å². The maximum Gasteiger partial charge on any atom is 0.250 e. The Morgan fingerprint density at radius 1 is 1.30 bits per heavy atom. The zero-order valence-electron chi connectivity index (χ0n) is 16.0. The van der Waals surface area contributed by atoms with E-state index >= 15 is 0 Å². The van der Waals surface area contributed by atoms with E-state index in [2.05, 4.69) is 10.2 Å². The van der Waals surface area contributed by atoms with Gasteiger partial charge in [-0.25, -0.2) is 0 Å². The number of carbonyl (C=O) groups is 1. The van der Waals surface area contributed by atoms with Crippen LogP contribution in [0.3, 0.4) is 0 Å². The van der Waals surface area contributed by atoms with E-state index in [4.69, 9.17) is 16.0 Å². The average Bonchev–Trinajstić information content (AvgIpc) is 3.10. The minimum Gasteiger partial charge on any atom is -0.422 e. The van der Waals surface area contributed by atoms with Gasteiger partial charge in [-0.05, 0) is 64.1 Å². The topological polar surface area (TPSA) is 62.5 Å². The largest absolute Gasteiger partial charge is 0.422 e. The number of hydrogen-bond donors (Lipinski definition) is 0. The van der Waals surface area contributed by atoms with Gasteiger partial charge in [0, 0.05) is 17.1 Å². The summed E-state index contributed by atoms with van der Waals surface area (Å²) in [4.78, 5) is 16.9. The molecule has 7 heteroatoms. The van der Waals surface area contributed by atoms with Crippen molar-refractivity contribution in [1.29, 1.82) is 0 Å². The van der Waals surface area contributed by atoms with Gasteiger partial charge in [-0.3, -0.25) is 4.79 Å². The maximum atomic E-state index is 13.1. The molecule has 2 heterocycles. The summed E-state index contributed by atoms with van der Waals surface area (Å²) >= 11 is 5.93. The van der Waals surface area contributed by atoms with Gasteiger partial charge in [0.15, 0.2) is 0 Å². The Kier molecular flexibility index (Phi) is 6.29. The molecule has 0 radical (unpaired) electrons. The van der Waals surface area contributed by atoms with Crippen molar-refractivity contribution in [2.75, 3.05) is 20.6 Å². The molecule has 0 bridgehead atoms. The zero-order valence-corrected chi connectivity index (χ0v) is 16.7. The molecular formula is C20H25ClN4O2. The van der Waals surface area contributed by atoms with Gasteiger partial charge in [-0.1, -0.05) is 23.7 Å². The fraction of sp³-hybridized carbons (Fsp3) is 0.450. The molecule has 1 atom stereocenters. The van der Waals surface area contributed by atoms with Gasteiger partial charge in [0.1, 0.15) is 6.04 Å². The molecule has 27 heavy (non-hydrogen) atoms. The summed E-state index contributed by atoms with van der Waals surface area (Å²) in [5, 5.41) is 9.01. The van der Waals surface area contributed by atoms with Crippen molar-refractivity contribution < 1.29 is 9.21 Å². The third kappa shape index (κ3) is 4.96. The maximum absolute atomic E-state index is 13.1. The van der Waals surface area contributed by atoms with Crippen LogP contribution in [0.15, 0.2) is 34.3 Å². The molecule has 3 rings (SSSR count). The van der Waals surface area contributed by atoms with Gasteiger partial charge < -0.3 is 14.2 Å². The van der Waals surface area contributed by atoms with E-state index in [0.29, 0.717) is 35.5 Å². The highest BCUT2D eigenvalue weighted by atomic mass is 35.5. The second-order valence-corrected chi connectivity index (χ2v) is 7.60. The Balaban J connectivity index is 1.78. The van der Waals surface area contributed by atoms with Crippen LogP contribution in [-0.2, 0) is 11.3 Å². The molecule has 1 aliphatic rings. The molecule has 1 aromatic heterocycles.